The molecule has 2 aromatic heterocycles. The Kier molecular flexibility index (Phi) is 17.0. The van der Waals surface area contributed by atoms with Crippen molar-refractivity contribution in [1.82, 2.24) is 20.6 Å². The second-order valence-corrected chi connectivity index (χ2v) is 16.5. The Balaban J connectivity index is 1.13. The highest BCUT2D eigenvalue weighted by molar-refractivity contribution is 9.10. The number of carboxylic acid groups (broad SMARTS) is 2. The smallest absolute Gasteiger partial charge is 0.303 e. The highest BCUT2D eigenvalue weighted by Crippen LogP contribution is 2.35. The lowest BCUT2D eigenvalue weighted by Crippen LogP contribution is -2.33. The quantitative estimate of drug-likeness (QED) is 0.0475. The van der Waals surface area contributed by atoms with E-state index in [0.29, 0.717) is 84.7 Å². The first kappa shape index (κ1) is 45.2. The average Bonchev–Trinajstić information content (AvgIpc) is 3.17. The van der Waals surface area contributed by atoms with Crippen LogP contribution in [0.4, 0.5) is 0 Å². The molecular formula is C44H52Br2N4O10. The van der Waals surface area contributed by atoms with Gasteiger partial charge in [0.25, 0.3) is 0 Å². The summed E-state index contributed by atoms with van der Waals surface area (Å²) in [5, 5.41) is 24.5. The van der Waals surface area contributed by atoms with E-state index in [1.807, 2.05) is 36.4 Å². The molecule has 6 rings (SSSR count). The molecule has 16 heteroatoms. The molecule has 2 unspecified atom stereocenters. The van der Waals surface area contributed by atoms with Gasteiger partial charge in [-0.25, -0.2) is 0 Å². The highest BCUT2D eigenvalue weighted by Gasteiger charge is 2.23. The number of nitrogens with one attached hydrogen (secondary N) is 2. The Labute approximate surface area is 366 Å². The molecule has 60 heavy (non-hydrogen) atoms. The van der Waals surface area contributed by atoms with Gasteiger partial charge in [-0.3, -0.25) is 9.59 Å². The minimum atomic E-state index is -0.818. The van der Waals surface area contributed by atoms with Crippen molar-refractivity contribution in [3.63, 3.8) is 0 Å². The van der Waals surface area contributed by atoms with Crippen LogP contribution >= 0.6 is 31.9 Å². The minimum absolute atomic E-state index is 0.0303. The fourth-order valence-electron chi connectivity index (χ4n) is 6.60. The van der Waals surface area contributed by atoms with Gasteiger partial charge in [0.05, 0.1) is 21.2 Å². The Morgan fingerprint density at radius 1 is 0.667 bits per heavy atom. The molecule has 2 saturated heterocycles. The average molecular weight is 957 g/mol. The lowest BCUT2D eigenvalue weighted by atomic mass is 9.92. The third-order valence-corrected chi connectivity index (χ3v) is 11.5. The zero-order chi connectivity index (χ0) is 42.4. The number of hydrogen-bond donors (Lipinski definition) is 4. The molecule has 2 aliphatic heterocycles. The Morgan fingerprint density at radius 2 is 1.08 bits per heavy atom. The van der Waals surface area contributed by atoms with Crippen LogP contribution in [0.15, 0.2) is 57.5 Å². The molecule has 14 nitrogen and oxygen atoms in total. The van der Waals surface area contributed by atoms with Crippen LogP contribution in [0.5, 0.6) is 23.5 Å². The van der Waals surface area contributed by atoms with E-state index in [9.17, 15) is 9.59 Å². The third-order valence-electron chi connectivity index (χ3n) is 10.4. The number of nitrogens with zero attached hydrogens (tertiary/aromatic N) is 2. The van der Waals surface area contributed by atoms with Gasteiger partial charge in [0.15, 0.2) is 0 Å². The largest absolute Gasteiger partial charge is 0.481 e. The van der Waals surface area contributed by atoms with Crippen molar-refractivity contribution in [2.24, 2.45) is 0 Å². The van der Waals surface area contributed by atoms with E-state index in [0.717, 1.165) is 70.6 Å². The molecule has 322 valence electrons. The number of ether oxygens (including phenoxy) is 6. The number of hydrogen-bond acceptors (Lipinski definition) is 12. The number of aliphatic carboxylic acids is 2. The molecule has 0 radical (unpaired) electrons. The summed E-state index contributed by atoms with van der Waals surface area (Å²) in [4.78, 5) is 31.3. The van der Waals surface area contributed by atoms with Gasteiger partial charge >= 0.3 is 11.9 Å². The zero-order valence-electron chi connectivity index (χ0n) is 33.9. The minimum Gasteiger partial charge on any atom is -0.481 e. The predicted octanol–water partition coefficient (Wildman–Crippen LogP) is 7.69. The van der Waals surface area contributed by atoms with Crippen LogP contribution < -0.4 is 29.6 Å². The summed E-state index contributed by atoms with van der Waals surface area (Å²) in [5.74, 6) is 0.0600. The maximum atomic E-state index is 10.9. The third kappa shape index (κ3) is 12.8. The number of pyridine rings is 2. The van der Waals surface area contributed by atoms with Gasteiger partial charge in [-0.15, -0.1) is 0 Å². The summed E-state index contributed by atoms with van der Waals surface area (Å²) in [6, 6.07) is 16.2. The first-order valence-corrected chi connectivity index (χ1v) is 21.8. The summed E-state index contributed by atoms with van der Waals surface area (Å²) in [7, 11) is 0. The molecule has 2 fully saturated rings. The lowest BCUT2D eigenvalue weighted by Gasteiger charge is -2.26. The number of halogens is 2. The number of rotatable bonds is 25. The molecule has 0 aliphatic carbocycles. The number of benzene rings is 2. The van der Waals surface area contributed by atoms with Gasteiger partial charge in [-0.05, 0) is 117 Å². The number of aromatic nitrogens is 2. The molecular weight excluding hydrogens is 904 g/mol. The van der Waals surface area contributed by atoms with E-state index in [1.54, 1.807) is 0 Å². The van der Waals surface area contributed by atoms with Crippen molar-refractivity contribution < 1.29 is 48.2 Å². The van der Waals surface area contributed by atoms with Gasteiger partial charge in [0.1, 0.15) is 26.4 Å². The molecule has 4 N–H and O–H groups in total. The zero-order valence-corrected chi connectivity index (χ0v) is 37.1. The maximum Gasteiger partial charge on any atom is 0.303 e. The Hall–Kier alpha value is -4.32. The van der Waals surface area contributed by atoms with Crippen molar-refractivity contribution in [2.75, 3.05) is 39.5 Å². The first-order chi connectivity index (χ1) is 29.0. The van der Waals surface area contributed by atoms with E-state index in [2.05, 4.69) is 68.5 Å². The second-order valence-electron chi connectivity index (χ2n) is 14.8. The number of carbonyl (C=O) groups is 2. The van der Waals surface area contributed by atoms with Crippen LogP contribution in [-0.4, -0.2) is 83.8 Å². The van der Waals surface area contributed by atoms with Gasteiger partial charge < -0.3 is 49.3 Å². The van der Waals surface area contributed by atoms with Crippen LogP contribution in [0.2, 0.25) is 0 Å². The Bertz CT molecular complexity index is 1950. The molecule has 4 heterocycles. The van der Waals surface area contributed by atoms with Crippen molar-refractivity contribution in [1.29, 1.82) is 0 Å². The second kappa shape index (κ2) is 22.5. The SMILES string of the molecule is Cc1c(COc2nc(OCC3CCO3)c(CNCCCC(=O)O)cc2Br)cccc1-c1cccc(COc2nc(OCC3CCO3)c(CNCCCC(=O)O)cc2Br)c1C. The normalized spacial score (nSPS) is 15.8. The molecule has 2 atom stereocenters. The van der Waals surface area contributed by atoms with Crippen LogP contribution in [0.1, 0.15) is 71.9 Å². The van der Waals surface area contributed by atoms with Crippen LogP contribution in [0.25, 0.3) is 11.1 Å². The summed E-state index contributed by atoms with van der Waals surface area (Å²) < 4.78 is 37.4. The summed E-state index contributed by atoms with van der Waals surface area (Å²) in [5.41, 5.74) is 7.95. The molecule has 0 saturated carbocycles. The maximum absolute atomic E-state index is 10.9. The van der Waals surface area contributed by atoms with Gasteiger partial charge in [0.2, 0.25) is 23.5 Å². The summed E-state index contributed by atoms with van der Waals surface area (Å²) in [6.07, 6.45) is 3.17. The van der Waals surface area contributed by atoms with Crippen LogP contribution in [0, 0.1) is 13.8 Å². The molecule has 2 aliphatic rings. The topological polar surface area (TPSA) is 180 Å². The van der Waals surface area contributed by atoms with Gasteiger partial charge in [-0.2, -0.15) is 9.97 Å². The van der Waals surface area contributed by atoms with E-state index in [1.165, 1.54) is 0 Å². The van der Waals surface area contributed by atoms with Crippen LogP contribution in [-0.2, 0) is 45.4 Å². The number of carboxylic acids is 2. The standard InChI is InChI=1S/C44H52Br2N4O10/c1-27-29(23-57-43-37(45)19-31(21-47-15-5-11-39(51)52)41(49-43)59-25-33-13-17-55-33)7-3-9-35(27)36-10-4-8-30(28(36)2)24-58-44-38(46)20-32(22-48-16-6-12-40(53)54)42(50-44)60-26-34-14-18-56-34/h3-4,7-10,19-20,33-34,47-48H,5-6,11-18,21-26H2,1-2H3,(H,51,52)(H,53,54). The lowest BCUT2D eigenvalue weighted by molar-refractivity contribution is -0.138. The molecule has 2 aromatic carbocycles. The van der Waals surface area contributed by atoms with Crippen molar-refractivity contribution in [2.45, 2.75) is 90.9 Å². The van der Waals surface area contributed by atoms with Gasteiger partial charge in [0, 0.05) is 63.1 Å². The van der Waals surface area contributed by atoms with Crippen molar-refractivity contribution >= 4 is 43.8 Å². The molecule has 0 amide bonds. The van der Waals surface area contributed by atoms with Gasteiger partial charge in [-0.1, -0.05) is 36.4 Å². The van der Waals surface area contributed by atoms with Crippen molar-refractivity contribution in [3.8, 4) is 34.6 Å². The van der Waals surface area contributed by atoms with E-state index < -0.39 is 11.9 Å². The molecule has 4 aromatic rings. The molecule has 0 bridgehead atoms. The van der Waals surface area contributed by atoms with E-state index >= 15 is 0 Å². The fraction of sp³-hybridized carbons (Fsp3) is 0.455. The first-order valence-electron chi connectivity index (χ1n) is 20.2. The molecule has 0 spiro atoms. The predicted molar refractivity (Wildman–Crippen MR) is 231 cm³/mol. The van der Waals surface area contributed by atoms with Crippen LogP contribution in [0.3, 0.4) is 0 Å². The monoisotopic (exact) mass is 954 g/mol. The van der Waals surface area contributed by atoms with E-state index in [4.69, 9.17) is 48.6 Å². The summed E-state index contributed by atoms with van der Waals surface area (Å²) in [6.45, 7) is 8.95. The fourth-order valence-corrected chi connectivity index (χ4v) is 7.56. The van der Waals surface area contributed by atoms with E-state index in [-0.39, 0.29) is 38.3 Å². The Morgan fingerprint density at radius 3 is 1.45 bits per heavy atom. The summed E-state index contributed by atoms with van der Waals surface area (Å²) >= 11 is 7.29. The van der Waals surface area contributed by atoms with Crippen molar-refractivity contribution in [3.05, 3.63) is 90.9 Å². The highest BCUT2D eigenvalue weighted by atomic mass is 79.9.